The Labute approximate surface area is 100 Å². The Balaban J connectivity index is 2.01. The Bertz CT molecular complexity index is 537. The van der Waals surface area contributed by atoms with Crippen LogP contribution in [-0.2, 0) is 0 Å². The maximum Gasteiger partial charge on any atom is 0.203 e. The predicted octanol–water partition coefficient (Wildman–Crippen LogP) is 1.65. The van der Waals surface area contributed by atoms with E-state index in [0.29, 0.717) is 0 Å². The number of unbranched alkanes of at least 4 members (excludes halogenated alkanes) is 2. The topological polar surface area (TPSA) is 55.1 Å². The lowest BCUT2D eigenvalue weighted by atomic mass is 10.2. The number of aromatic nitrogens is 4. The standard InChI is InChI=1S/C12H15N5/c1-3-4-5-6-7-13-11-12-16-15-10(2)17(12)9-8-14-11/h1,8-9H,4-7H2,2H3,(H,13,14). The lowest BCUT2D eigenvalue weighted by Crippen LogP contribution is -2.05. The molecule has 0 unspecified atom stereocenters. The molecule has 0 atom stereocenters. The Kier molecular flexibility index (Phi) is 3.55. The number of aryl methyl sites for hydroxylation is 1. The molecule has 2 aromatic heterocycles. The Hall–Kier alpha value is -2.09. The molecule has 5 heteroatoms. The predicted molar refractivity (Wildman–Crippen MR) is 66.7 cm³/mol. The highest BCUT2D eigenvalue weighted by Crippen LogP contribution is 2.11. The first-order chi connectivity index (χ1) is 8.33. The summed E-state index contributed by atoms with van der Waals surface area (Å²) < 4.78 is 1.91. The molecule has 0 aromatic carbocycles. The zero-order valence-corrected chi connectivity index (χ0v) is 9.85. The summed E-state index contributed by atoms with van der Waals surface area (Å²) >= 11 is 0. The number of nitrogens with zero attached hydrogens (tertiary/aromatic N) is 4. The molecule has 2 aromatic rings. The van der Waals surface area contributed by atoms with Crippen LogP contribution in [0, 0.1) is 19.3 Å². The first-order valence-corrected chi connectivity index (χ1v) is 5.66. The first kappa shape index (κ1) is 11.4. The molecule has 0 saturated carbocycles. The van der Waals surface area contributed by atoms with Gasteiger partial charge in [0.15, 0.2) is 5.82 Å². The van der Waals surface area contributed by atoms with Crippen LogP contribution in [0.4, 0.5) is 5.82 Å². The van der Waals surface area contributed by atoms with Gasteiger partial charge in [-0.1, -0.05) is 0 Å². The molecule has 0 aliphatic carbocycles. The van der Waals surface area contributed by atoms with Crippen molar-refractivity contribution < 1.29 is 0 Å². The molecular weight excluding hydrogens is 214 g/mol. The third-order valence-corrected chi connectivity index (χ3v) is 2.54. The highest BCUT2D eigenvalue weighted by atomic mass is 15.3. The summed E-state index contributed by atoms with van der Waals surface area (Å²) in [6.45, 7) is 2.76. The summed E-state index contributed by atoms with van der Waals surface area (Å²) in [4.78, 5) is 4.26. The first-order valence-electron chi connectivity index (χ1n) is 5.66. The van der Waals surface area contributed by atoms with Crippen molar-refractivity contribution in [1.29, 1.82) is 0 Å². The van der Waals surface area contributed by atoms with Crippen molar-refractivity contribution in [2.75, 3.05) is 11.9 Å². The fraction of sp³-hybridized carbons (Fsp3) is 0.417. The van der Waals surface area contributed by atoms with Crippen molar-refractivity contribution in [2.24, 2.45) is 0 Å². The van der Waals surface area contributed by atoms with Crippen molar-refractivity contribution >= 4 is 11.5 Å². The van der Waals surface area contributed by atoms with E-state index in [2.05, 4.69) is 26.4 Å². The number of fused-ring (bicyclic) bond motifs is 1. The smallest absolute Gasteiger partial charge is 0.203 e. The lowest BCUT2D eigenvalue weighted by Gasteiger charge is -2.05. The lowest BCUT2D eigenvalue weighted by molar-refractivity contribution is 0.787. The maximum atomic E-state index is 5.19. The van der Waals surface area contributed by atoms with Crippen molar-refractivity contribution in [3.8, 4) is 12.3 Å². The van der Waals surface area contributed by atoms with Crippen molar-refractivity contribution in [1.82, 2.24) is 19.6 Å². The minimum atomic E-state index is 0.766. The fourth-order valence-corrected chi connectivity index (χ4v) is 1.63. The minimum absolute atomic E-state index is 0.766. The number of hydrogen-bond acceptors (Lipinski definition) is 4. The Morgan fingerprint density at radius 2 is 2.29 bits per heavy atom. The van der Waals surface area contributed by atoms with Gasteiger partial charge in [-0.05, 0) is 19.8 Å². The van der Waals surface area contributed by atoms with Crippen LogP contribution in [0.25, 0.3) is 5.65 Å². The molecule has 2 rings (SSSR count). The SMILES string of the molecule is C#CCCCCNc1nccn2c(C)nnc12. The molecule has 0 fully saturated rings. The largest absolute Gasteiger partial charge is 0.367 e. The maximum absolute atomic E-state index is 5.19. The van der Waals surface area contributed by atoms with E-state index in [0.717, 1.165) is 43.1 Å². The number of terminal acetylenes is 1. The van der Waals surface area contributed by atoms with Gasteiger partial charge in [0.2, 0.25) is 5.65 Å². The van der Waals surface area contributed by atoms with Gasteiger partial charge in [0.25, 0.3) is 0 Å². The van der Waals surface area contributed by atoms with E-state index >= 15 is 0 Å². The molecule has 0 amide bonds. The molecule has 0 aliphatic heterocycles. The normalized spacial score (nSPS) is 10.4. The number of hydrogen-bond donors (Lipinski definition) is 1. The van der Waals surface area contributed by atoms with Gasteiger partial charge in [0.1, 0.15) is 5.82 Å². The highest BCUT2D eigenvalue weighted by Gasteiger charge is 2.06. The summed E-state index contributed by atoms with van der Waals surface area (Å²) in [6.07, 6.45) is 11.7. The average molecular weight is 229 g/mol. The number of nitrogens with one attached hydrogen (secondary N) is 1. The Morgan fingerprint density at radius 1 is 1.41 bits per heavy atom. The quantitative estimate of drug-likeness (QED) is 0.625. The molecule has 88 valence electrons. The molecule has 0 spiro atoms. The van der Waals surface area contributed by atoms with Crippen LogP contribution >= 0.6 is 0 Å². The second kappa shape index (κ2) is 5.30. The van der Waals surface area contributed by atoms with Gasteiger partial charge < -0.3 is 5.32 Å². The van der Waals surface area contributed by atoms with E-state index in [1.165, 1.54) is 0 Å². The third-order valence-electron chi connectivity index (χ3n) is 2.54. The van der Waals surface area contributed by atoms with Gasteiger partial charge in [-0.2, -0.15) is 0 Å². The fourth-order valence-electron chi connectivity index (χ4n) is 1.63. The minimum Gasteiger partial charge on any atom is -0.367 e. The van der Waals surface area contributed by atoms with Crippen molar-refractivity contribution in [3.05, 3.63) is 18.2 Å². The van der Waals surface area contributed by atoms with Gasteiger partial charge in [-0.3, -0.25) is 4.40 Å². The van der Waals surface area contributed by atoms with Gasteiger partial charge in [0, 0.05) is 25.4 Å². The molecule has 0 bridgehead atoms. The molecule has 0 radical (unpaired) electrons. The molecular formula is C12H15N5. The second-order valence-corrected chi connectivity index (χ2v) is 3.80. The molecule has 5 nitrogen and oxygen atoms in total. The molecule has 2 heterocycles. The number of anilines is 1. The van der Waals surface area contributed by atoms with Gasteiger partial charge in [-0.15, -0.1) is 22.5 Å². The van der Waals surface area contributed by atoms with Gasteiger partial charge in [0.05, 0.1) is 0 Å². The summed E-state index contributed by atoms with van der Waals surface area (Å²) in [5.74, 6) is 4.26. The van der Waals surface area contributed by atoms with E-state index in [-0.39, 0.29) is 0 Å². The molecule has 17 heavy (non-hydrogen) atoms. The Morgan fingerprint density at radius 3 is 3.12 bits per heavy atom. The van der Waals surface area contributed by atoms with Crippen LogP contribution in [0.3, 0.4) is 0 Å². The van der Waals surface area contributed by atoms with Crippen molar-refractivity contribution in [2.45, 2.75) is 26.2 Å². The summed E-state index contributed by atoms with van der Waals surface area (Å²) in [7, 11) is 0. The van der Waals surface area contributed by atoms with Gasteiger partial charge >= 0.3 is 0 Å². The van der Waals surface area contributed by atoms with E-state index in [4.69, 9.17) is 6.42 Å². The molecule has 1 N–H and O–H groups in total. The highest BCUT2D eigenvalue weighted by molar-refractivity contribution is 5.61. The van der Waals surface area contributed by atoms with Crippen LogP contribution < -0.4 is 5.32 Å². The van der Waals surface area contributed by atoms with Gasteiger partial charge in [-0.25, -0.2) is 4.98 Å². The van der Waals surface area contributed by atoms with Crippen LogP contribution in [0.5, 0.6) is 0 Å². The molecule has 0 saturated heterocycles. The summed E-state index contributed by atoms with van der Waals surface area (Å²) in [5, 5.41) is 11.4. The number of rotatable bonds is 5. The van der Waals surface area contributed by atoms with Crippen LogP contribution in [0.15, 0.2) is 12.4 Å². The summed E-state index contributed by atoms with van der Waals surface area (Å²) in [6, 6.07) is 0. The zero-order valence-electron chi connectivity index (χ0n) is 9.85. The monoisotopic (exact) mass is 229 g/mol. The molecule has 0 aliphatic rings. The summed E-state index contributed by atoms with van der Waals surface area (Å²) in [5.41, 5.74) is 0.766. The van der Waals surface area contributed by atoms with Crippen LogP contribution in [0.2, 0.25) is 0 Å². The zero-order chi connectivity index (χ0) is 12.1. The van der Waals surface area contributed by atoms with E-state index in [1.807, 2.05) is 17.5 Å². The second-order valence-electron chi connectivity index (χ2n) is 3.80. The van der Waals surface area contributed by atoms with E-state index in [9.17, 15) is 0 Å². The van der Waals surface area contributed by atoms with Crippen LogP contribution in [0.1, 0.15) is 25.1 Å². The average Bonchev–Trinajstić information content (AvgIpc) is 2.72. The van der Waals surface area contributed by atoms with E-state index < -0.39 is 0 Å². The van der Waals surface area contributed by atoms with Crippen molar-refractivity contribution in [3.63, 3.8) is 0 Å². The van der Waals surface area contributed by atoms with E-state index in [1.54, 1.807) is 6.20 Å². The third kappa shape index (κ3) is 2.53. The van der Waals surface area contributed by atoms with Crippen LogP contribution in [-0.4, -0.2) is 26.1 Å².